The Bertz CT molecular complexity index is 1220. The summed E-state index contributed by atoms with van der Waals surface area (Å²) >= 11 is 0. The number of urea groups is 1. The van der Waals surface area contributed by atoms with Crippen LogP contribution in [-0.2, 0) is 11.8 Å². The van der Waals surface area contributed by atoms with Gasteiger partial charge in [0, 0.05) is 25.6 Å². The molecule has 0 fully saturated rings. The first-order valence-corrected chi connectivity index (χ1v) is 9.72. The molecule has 2 aromatic carbocycles. The normalized spacial score (nSPS) is 10.8. The quantitative estimate of drug-likeness (QED) is 0.327. The number of aromatic nitrogens is 1. The van der Waals surface area contributed by atoms with Gasteiger partial charge in [-0.05, 0) is 36.2 Å². The molecule has 3 aromatic rings. The first kappa shape index (κ1) is 29.8. The summed E-state index contributed by atoms with van der Waals surface area (Å²) in [4.78, 5) is 35.8. The Morgan fingerprint density at radius 2 is 1.79 bits per heavy atom. The third kappa shape index (κ3) is 7.90. The molecule has 3 rings (SSSR count). The van der Waals surface area contributed by atoms with Gasteiger partial charge in [0.2, 0.25) is 0 Å². The topological polar surface area (TPSA) is 136 Å². The van der Waals surface area contributed by atoms with Crippen LogP contribution in [0.15, 0.2) is 65.6 Å². The molecule has 11 heteroatoms. The molecule has 0 aliphatic heterocycles. The van der Waals surface area contributed by atoms with Crippen LogP contribution in [0.1, 0.15) is 23.6 Å². The van der Waals surface area contributed by atoms with Crippen molar-refractivity contribution in [3.63, 3.8) is 0 Å². The zero-order chi connectivity index (χ0) is 23.3. The van der Waals surface area contributed by atoms with E-state index in [-0.39, 0.29) is 59.1 Å². The molecule has 34 heavy (non-hydrogen) atoms. The number of carboxylic acid groups (broad SMARTS) is 1. The molecule has 0 saturated heterocycles. The third-order valence-corrected chi connectivity index (χ3v) is 4.73. The number of rotatable bonds is 7. The summed E-state index contributed by atoms with van der Waals surface area (Å²) in [6.45, 7) is 1.89. The molecule has 166 valence electrons. The molecule has 1 heterocycles. The van der Waals surface area contributed by atoms with Crippen LogP contribution in [0, 0.1) is 6.92 Å². The fourth-order valence-electron chi connectivity index (χ4n) is 3.05. The second kappa shape index (κ2) is 13.6. The molecular weight excluding hydrogens is 460 g/mol. The maximum absolute atomic E-state index is 12.5. The minimum absolute atomic E-state index is 0. The third-order valence-electron chi connectivity index (χ3n) is 4.73. The van der Waals surface area contributed by atoms with Gasteiger partial charge in [0.25, 0.3) is 5.56 Å². The molecular formula is C23H21N3Na2O6. The second-order valence-electron chi connectivity index (χ2n) is 7.14. The summed E-state index contributed by atoms with van der Waals surface area (Å²) in [6.07, 6.45) is 0.755. The van der Waals surface area contributed by atoms with Gasteiger partial charge in [0.15, 0.2) is 0 Å². The molecule has 1 unspecified atom stereocenters. The number of ether oxygens (including phenoxy) is 1. The molecule has 1 atom stereocenters. The van der Waals surface area contributed by atoms with E-state index in [0.717, 1.165) is 16.2 Å². The number of hydrogen-bond acceptors (Lipinski definition) is 6. The van der Waals surface area contributed by atoms with E-state index in [9.17, 15) is 24.6 Å². The molecule has 0 radical (unpaired) electrons. The van der Waals surface area contributed by atoms with Gasteiger partial charge in [-0.15, -0.1) is 0 Å². The zero-order valence-electron chi connectivity index (χ0n) is 19.5. The van der Waals surface area contributed by atoms with E-state index < -0.39 is 41.5 Å². The number of amides is 2. The van der Waals surface area contributed by atoms with Crippen molar-refractivity contribution in [3.8, 4) is 17.2 Å². The Kier molecular flexibility index (Phi) is 11.9. The van der Waals surface area contributed by atoms with Crippen molar-refractivity contribution < 1.29 is 83.7 Å². The molecule has 2 N–H and O–H groups in total. The fourth-order valence-corrected chi connectivity index (χ4v) is 3.05. The van der Waals surface area contributed by atoms with E-state index in [4.69, 9.17) is 4.74 Å². The molecule has 0 aliphatic carbocycles. The van der Waals surface area contributed by atoms with Crippen molar-refractivity contribution in [2.45, 2.75) is 19.4 Å². The number of carboxylic acids is 1. The second-order valence-corrected chi connectivity index (χ2v) is 7.14. The van der Waals surface area contributed by atoms with E-state index >= 15 is 0 Å². The number of pyridine rings is 1. The van der Waals surface area contributed by atoms with Gasteiger partial charge in [0.05, 0.1) is 6.04 Å². The molecule has 0 spiro atoms. The molecule has 9 nitrogen and oxygen atoms in total. The smallest absolute Gasteiger partial charge is 0.871 e. The number of carbonyl (C=O) groups is 2. The summed E-state index contributed by atoms with van der Waals surface area (Å²) < 4.78 is 7.01. The Morgan fingerprint density at radius 1 is 1.09 bits per heavy atom. The number of para-hydroxylation sites is 1. The largest absolute Gasteiger partial charge is 1.00 e. The van der Waals surface area contributed by atoms with Crippen molar-refractivity contribution in [2.24, 2.45) is 7.05 Å². The van der Waals surface area contributed by atoms with Gasteiger partial charge >= 0.3 is 65.1 Å². The van der Waals surface area contributed by atoms with Crippen LogP contribution in [0.5, 0.6) is 17.2 Å². The van der Waals surface area contributed by atoms with Crippen molar-refractivity contribution in [1.82, 2.24) is 9.88 Å². The van der Waals surface area contributed by atoms with Crippen LogP contribution in [0.25, 0.3) is 0 Å². The Hall–Kier alpha value is -2.27. The van der Waals surface area contributed by atoms with Crippen LogP contribution < -0.4 is 90.3 Å². The number of benzene rings is 2. The number of nitrogens with one attached hydrogen (secondary N) is 2. The van der Waals surface area contributed by atoms with E-state index in [1.54, 1.807) is 30.3 Å². The maximum atomic E-state index is 12.5. The number of hydrogen-bond donors (Lipinski definition) is 2. The minimum atomic E-state index is -1.39. The molecule has 0 aliphatic rings. The van der Waals surface area contributed by atoms with E-state index in [1.165, 1.54) is 13.2 Å². The van der Waals surface area contributed by atoms with Gasteiger partial charge in [-0.2, -0.15) is 0 Å². The predicted molar refractivity (Wildman–Crippen MR) is 113 cm³/mol. The first-order chi connectivity index (χ1) is 15.2. The maximum Gasteiger partial charge on any atom is 1.00 e. The first-order valence-electron chi connectivity index (χ1n) is 9.72. The van der Waals surface area contributed by atoms with Crippen LogP contribution in [-0.4, -0.2) is 16.6 Å². The Morgan fingerprint density at radius 3 is 2.47 bits per heavy atom. The summed E-state index contributed by atoms with van der Waals surface area (Å²) in [6, 6.07) is 13.2. The van der Waals surface area contributed by atoms with Crippen LogP contribution >= 0.6 is 0 Å². The van der Waals surface area contributed by atoms with Gasteiger partial charge in [-0.1, -0.05) is 42.1 Å². The Balaban J connectivity index is 0.00000289. The molecule has 1 aromatic heterocycles. The SMILES string of the molecule is Cc1ccccc1Oc1cccc(C(CC(=O)[O-])NC(=O)Nc2c([O-])ccn(C)c2=O)c1.[Na+].[Na+]. The molecule has 2 amide bonds. The predicted octanol–water partition coefficient (Wildman–Crippen LogP) is -4.43. The van der Waals surface area contributed by atoms with E-state index in [1.807, 2.05) is 25.1 Å². The molecule has 0 bridgehead atoms. The Labute approximate surface area is 240 Å². The van der Waals surface area contributed by atoms with Crippen LogP contribution in [0.3, 0.4) is 0 Å². The van der Waals surface area contributed by atoms with Gasteiger partial charge in [-0.3, -0.25) is 4.79 Å². The number of aliphatic carboxylic acids is 1. The monoisotopic (exact) mass is 481 g/mol. The van der Waals surface area contributed by atoms with Crippen molar-refractivity contribution in [2.75, 3.05) is 5.32 Å². The molecule has 0 saturated carbocycles. The van der Waals surface area contributed by atoms with Crippen molar-refractivity contribution in [1.29, 1.82) is 0 Å². The van der Waals surface area contributed by atoms with Crippen LogP contribution in [0.2, 0.25) is 0 Å². The summed E-state index contributed by atoms with van der Waals surface area (Å²) in [5.74, 6) is -0.968. The number of nitrogens with zero attached hydrogens (tertiary/aromatic N) is 1. The zero-order valence-corrected chi connectivity index (χ0v) is 23.5. The van der Waals surface area contributed by atoms with E-state index in [0.29, 0.717) is 17.1 Å². The van der Waals surface area contributed by atoms with E-state index in [2.05, 4.69) is 10.6 Å². The average molecular weight is 481 g/mol. The number of anilines is 1. The number of aryl methyl sites for hydroxylation is 2. The standard InChI is InChI=1S/C23H23N3O6.2Na/c1-14-6-3-4-9-19(14)32-16-8-5-7-15(12-16)17(13-20(28)29)24-23(31)25-21-18(27)10-11-26(2)22(21)30;;/h3-12,17,27H,13H2,1-2H3,(H,28,29)(H2,24,25,31);;/q;2*+1/p-2. The van der Waals surface area contributed by atoms with Crippen LogP contribution in [0.4, 0.5) is 10.5 Å². The van der Waals surface area contributed by atoms with Gasteiger partial charge in [0.1, 0.15) is 17.2 Å². The number of carbonyl (C=O) groups excluding carboxylic acids is 2. The van der Waals surface area contributed by atoms with Crippen molar-refractivity contribution >= 4 is 17.7 Å². The van der Waals surface area contributed by atoms with Gasteiger partial charge in [-0.25, -0.2) is 4.79 Å². The average Bonchev–Trinajstić information content (AvgIpc) is 2.75. The summed E-state index contributed by atoms with van der Waals surface area (Å²) in [5, 5.41) is 27.9. The van der Waals surface area contributed by atoms with Crippen molar-refractivity contribution in [3.05, 3.63) is 82.3 Å². The fraction of sp³-hybridized carbons (Fsp3) is 0.174. The van der Waals surface area contributed by atoms with Gasteiger partial charge < -0.3 is 34.9 Å². The summed E-state index contributed by atoms with van der Waals surface area (Å²) in [7, 11) is 1.43. The minimum Gasteiger partial charge on any atom is -0.871 e. The summed E-state index contributed by atoms with van der Waals surface area (Å²) in [5.41, 5.74) is 0.243.